The van der Waals surface area contributed by atoms with E-state index in [2.05, 4.69) is 32.1 Å². The molecule has 0 fully saturated rings. The summed E-state index contributed by atoms with van der Waals surface area (Å²) in [6, 6.07) is 22.1. The number of thioether (sulfide) groups is 1. The summed E-state index contributed by atoms with van der Waals surface area (Å²) in [7, 11) is 0. The third-order valence-electron chi connectivity index (χ3n) is 4.92. The average molecular weight is 474 g/mol. The van der Waals surface area contributed by atoms with Crippen LogP contribution in [0.2, 0.25) is 0 Å². The van der Waals surface area contributed by atoms with Crippen LogP contribution in [-0.4, -0.2) is 21.6 Å². The Morgan fingerprint density at radius 2 is 1.75 bits per heavy atom. The quantitative estimate of drug-likeness (QED) is 0.211. The van der Waals surface area contributed by atoms with Crippen LogP contribution in [0.5, 0.6) is 0 Å². The molecule has 0 radical (unpaired) electrons. The SMILES string of the molecule is Cc1nc(SCC(=O)Nc2ccccc2-c2ccccc2)c2c(-c3cccs3)csc2n1. The molecule has 1 amide bonds. The van der Waals surface area contributed by atoms with Crippen molar-refractivity contribution < 1.29 is 4.79 Å². The Balaban J connectivity index is 1.38. The number of thiophene rings is 2. The van der Waals surface area contributed by atoms with E-state index in [9.17, 15) is 4.79 Å². The predicted octanol–water partition coefficient (Wildman–Crippen LogP) is 7.13. The van der Waals surface area contributed by atoms with E-state index >= 15 is 0 Å². The molecule has 0 saturated carbocycles. The Labute approximate surface area is 198 Å². The molecule has 0 saturated heterocycles. The van der Waals surface area contributed by atoms with Gasteiger partial charge in [-0.2, -0.15) is 0 Å². The van der Waals surface area contributed by atoms with E-state index < -0.39 is 0 Å². The van der Waals surface area contributed by atoms with Crippen LogP contribution in [0.15, 0.2) is 82.5 Å². The molecule has 0 aliphatic heterocycles. The minimum Gasteiger partial charge on any atom is -0.325 e. The number of hydrogen-bond donors (Lipinski definition) is 1. The van der Waals surface area contributed by atoms with E-state index in [1.165, 1.54) is 16.6 Å². The lowest BCUT2D eigenvalue weighted by Crippen LogP contribution is -2.15. The molecule has 32 heavy (non-hydrogen) atoms. The maximum Gasteiger partial charge on any atom is 0.234 e. The fourth-order valence-electron chi connectivity index (χ4n) is 3.51. The number of aromatic nitrogens is 2. The van der Waals surface area contributed by atoms with Gasteiger partial charge in [-0.3, -0.25) is 4.79 Å². The third-order valence-corrected chi connectivity index (χ3v) is 7.68. The van der Waals surface area contributed by atoms with Crippen molar-refractivity contribution in [1.29, 1.82) is 0 Å². The molecule has 158 valence electrons. The first-order chi connectivity index (χ1) is 15.7. The Bertz CT molecular complexity index is 1380. The van der Waals surface area contributed by atoms with Crippen LogP contribution < -0.4 is 5.32 Å². The number of nitrogens with zero attached hydrogens (tertiary/aromatic N) is 2. The zero-order valence-corrected chi connectivity index (χ0v) is 19.7. The number of rotatable bonds is 6. The van der Waals surface area contributed by atoms with Gasteiger partial charge in [-0.05, 0) is 30.0 Å². The summed E-state index contributed by atoms with van der Waals surface area (Å²) in [5.41, 5.74) is 4.02. The number of nitrogens with one attached hydrogen (secondary N) is 1. The molecule has 0 aliphatic carbocycles. The second kappa shape index (κ2) is 9.24. The second-order valence-electron chi connectivity index (χ2n) is 7.13. The van der Waals surface area contributed by atoms with Gasteiger partial charge in [-0.25, -0.2) is 9.97 Å². The standard InChI is InChI=1S/C25H19N3OS3/c1-16-26-24-23(19(14-31-24)21-12-7-13-30-21)25(27-16)32-15-22(29)28-20-11-6-5-10-18(20)17-8-3-2-4-9-17/h2-14H,15H2,1H3,(H,28,29). The first kappa shape index (κ1) is 20.9. The van der Waals surface area contributed by atoms with E-state index in [1.807, 2.05) is 67.6 Å². The number of carbonyl (C=O) groups is 1. The van der Waals surface area contributed by atoms with Crippen LogP contribution in [0.1, 0.15) is 5.82 Å². The first-order valence-corrected chi connectivity index (χ1v) is 12.8. The Kier molecular flexibility index (Phi) is 6.03. The largest absolute Gasteiger partial charge is 0.325 e. The molecular formula is C25H19N3OS3. The summed E-state index contributed by atoms with van der Waals surface area (Å²) in [4.78, 5) is 24.3. The zero-order valence-electron chi connectivity index (χ0n) is 17.2. The van der Waals surface area contributed by atoms with Gasteiger partial charge in [0.15, 0.2) is 0 Å². The van der Waals surface area contributed by atoms with Crippen LogP contribution >= 0.6 is 34.4 Å². The van der Waals surface area contributed by atoms with E-state index in [0.29, 0.717) is 0 Å². The van der Waals surface area contributed by atoms with Crippen molar-refractivity contribution >= 4 is 56.2 Å². The minimum absolute atomic E-state index is 0.0595. The van der Waals surface area contributed by atoms with Crippen molar-refractivity contribution in [2.75, 3.05) is 11.1 Å². The van der Waals surface area contributed by atoms with Gasteiger partial charge in [0, 0.05) is 27.1 Å². The molecule has 2 aromatic carbocycles. The molecule has 0 unspecified atom stereocenters. The molecule has 3 heterocycles. The predicted molar refractivity (Wildman–Crippen MR) is 137 cm³/mol. The monoisotopic (exact) mass is 473 g/mol. The van der Waals surface area contributed by atoms with Crippen molar-refractivity contribution in [1.82, 2.24) is 9.97 Å². The lowest BCUT2D eigenvalue weighted by atomic mass is 10.0. The molecule has 0 spiro atoms. The molecule has 5 rings (SSSR count). The molecule has 4 nitrogen and oxygen atoms in total. The highest BCUT2D eigenvalue weighted by atomic mass is 32.2. The number of fused-ring (bicyclic) bond motifs is 1. The van der Waals surface area contributed by atoms with Gasteiger partial charge in [0.25, 0.3) is 0 Å². The van der Waals surface area contributed by atoms with Crippen molar-refractivity contribution in [2.24, 2.45) is 0 Å². The fraction of sp³-hybridized carbons (Fsp3) is 0.0800. The van der Waals surface area contributed by atoms with Crippen LogP contribution in [0.25, 0.3) is 31.8 Å². The number of amides is 1. The van der Waals surface area contributed by atoms with Gasteiger partial charge in [-0.1, -0.05) is 66.4 Å². The Hall–Kier alpha value is -3.00. The molecule has 3 aromatic heterocycles. The minimum atomic E-state index is -0.0595. The van der Waals surface area contributed by atoms with Gasteiger partial charge in [-0.15, -0.1) is 22.7 Å². The highest BCUT2D eigenvalue weighted by Crippen LogP contribution is 2.40. The molecule has 5 aromatic rings. The highest BCUT2D eigenvalue weighted by Gasteiger charge is 2.17. The van der Waals surface area contributed by atoms with E-state index in [4.69, 9.17) is 0 Å². The lowest BCUT2D eigenvalue weighted by molar-refractivity contribution is -0.113. The number of carbonyl (C=O) groups excluding carboxylic acids is 1. The van der Waals surface area contributed by atoms with Crippen molar-refractivity contribution in [3.8, 4) is 21.6 Å². The summed E-state index contributed by atoms with van der Waals surface area (Å²) in [6.07, 6.45) is 0. The smallest absolute Gasteiger partial charge is 0.234 e. The molecule has 0 bridgehead atoms. The van der Waals surface area contributed by atoms with E-state index in [1.54, 1.807) is 22.7 Å². The normalized spacial score (nSPS) is 11.0. The van der Waals surface area contributed by atoms with E-state index in [0.717, 1.165) is 43.4 Å². The average Bonchev–Trinajstić information content (AvgIpc) is 3.48. The number of aryl methyl sites for hydroxylation is 1. The molecular weight excluding hydrogens is 454 g/mol. The summed E-state index contributed by atoms with van der Waals surface area (Å²) in [6.45, 7) is 1.89. The van der Waals surface area contributed by atoms with Crippen LogP contribution in [0.4, 0.5) is 5.69 Å². The van der Waals surface area contributed by atoms with E-state index in [-0.39, 0.29) is 11.7 Å². The fourth-order valence-corrected chi connectivity index (χ4v) is 6.27. The maximum absolute atomic E-state index is 12.9. The van der Waals surface area contributed by atoms with Crippen LogP contribution in [0, 0.1) is 6.92 Å². The number of hydrogen-bond acceptors (Lipinski definition) is 6. The van der Waals surface area contributed by atoms with Gasteiger partial charge >= 0.3 is 0 Å². The zero-order chi connectivity index (χ0) is 21.9. The number of para-hydroxylation sites is 1. The summed E-state index contributed by atoms with van der Waals surface area (Å²) < 4.78 is 0. The van der Waals surface area contributed by atoms with Crippen molar-refractivity contribution in [3.63, 3.8) is 0 Å². The Morgan fingerprint density at radius 3 is 2.56 bits per heavy atom. The number of benzene rings is 2. The molecule has 0 aliphatic rings. The Morgan fingerprint density at radius 1 is 0.938 bits per heavy atom. The van der Waals surface area contributed by atoms with Gasteiger partial charge in [0.2, 0.25) is 5.91 Å². The topological polar surface area (TPSA) is 54.9 Å². The van der Waals surface area contributed by atoms with Gasteiger partial charge < -0.3 is 5.32 Å². The summed E-state index contributed by atoms with van der Waals surface area (Å²) >= 11 is 4.77. The second-order valence-corrected chi connectivity index (χ2v) is 9.90. The summed E-state index contributed by atoms with van der Waals surface area (Å²) in [5, 5.41) is 9.16. The van der Waals surface area contributed by atoms with Gasteiger partial charge in [0.1, 0.15) is 15.7 Å². The van der Waals surface area contributed by atoms with Gasteiger partial charge in [0.05, 0.1) is 11.1 Å². The number of anilines is 1. The molecule has 0 atom stereocenters. The molecule has 7 heteroatoms. The van der Waals surface area contributed by atoms with Crippen molar-refractivity contribution in [2.45, 2.75) is 11.9 Å². The first-order valence-electron chi connectivity index (χ1n) is 10.1. The third kappa shape index (κ3) is 4.32. The maximum atomic E-state index is 12.9. The van der Waals surface area contributed by atoms with Crippen molar-refractivity contribution in [3.05, 3.63) is 83.3 Å². The molecule has 1 N–H and O–H groups in total. The van der Waals surface area contributed by atoms with Crippen LogP contribution in [0.3, 0.4) is 0 Å². The lowest BCUT2D eigenvalue weighted by Gasteiger charge is -2.11. The highest BCUT2D eigenvalue weighted by molar-refractivity contribution is 8.00. The van der Waals surface area contributed by atoms with Crippen LogP contribution in [-0.2, 0) is 4.79 Å². The summed E-state index contributed by atoms with van der Waals surface area (Å²) in [5.74, 6) is 0.930.